The number of fused-ring (bicyclic) bond motifs is 1. The number of piperidine rings is 1. The van der Waals surface area contributed by atoms with E-state index in [1.165, 1.54) is 4.31 Å². The minimum Gasteiger partial charge on any atom is -0.207 e. The summed E-state index contributed by atoms with van der Waals surface area (Å²) >= 11 is 7.04. The van der Waals surface area contributed by atoms with Gasteiger partial charge in [0.25, 0.3) is 0 Å². The molecule has 1 aliphatic heterocycles. The molecule has 0 aliphatic carbocycles. The van der Waals surface area contributed by atoms with E-state index >= 15 is 0 Å². The van der Waals surface area contributed by atoms with Crippen LogP contribution in [0.5, 0.6) is 0 Å². The lowest BCUT2D eigenvalue weighted by atomic mass is 10.2. The second-order valence-electron chi connectivity index (χ2n) is 4.47. The first-order chi connectivity index (χ1) is 9.09. The SMILES string of the molecule is O=S(=O)(c1cccc2nsnc12)N1CCC(Cl)CC1. The molecule has 0 atom stereocenters. The van der Waals surface area contributed by atoms with E-state index in [-0.39, 0.29) is 10.3 Å². The van der Waals surface area contributed by atoms with E-state index < -0.39 is 10.0 Å². The van der Waals surface area contributed by atoms with Gasteiger partial charge < -0.3 is 0 Å². The molecule has 2 aromatic rings. The molecule has 1 saturated heterocycles. The summed E-state index contributed by atoms with van der Waals surface area (Å²) in [6.45, 7) is 0.926. The van der Waals surface area contributed by atoms with Gasteiger partial charge in [-0.3, -0.25) is 0 Å². The Morgan fingerprint density at radius 3 is 2.74 bits per heavy atom. The molecule has 0 unspecified atom stereocenters. The van der Waals surface area contributed by atoms with Crippen molar-refractivity contribution in [1.82, 2.24) is 13.1 Å². The Bertz CT molecular complexity index is 693. The zero-order valence-electron chi connectivity index (χ0n) is 9.99. The van der Waals surface area contributed by atoms with Crippen molar-refractivity contribution in [2.45, 2.75) is 23.1 Å². The van der Waals surface area contributed by atoms with Crippen LogP contribution >= 0.6 is 23.3 Å². The molecule has 5 nitrogen and oxygen atoms in total. The molecular formula is C11H12ClN3O2S2. The Hall–Kier alpha value is -0.760. The highest BCUT2D eigenvalue weighted by Crippen LogP contribution is 2.27. The van der Waals surface area contributed by atoms with Crippen molar-refractivity contribution < 1.29 is 8.42 Å². The number of hydrogen-bond donors (Lipinski definition) is 0. The Morgan fingerprint density at radius 1 is 1.26 bits per heavy atom. The second-order valence-corrected chi connectivity index (χ2v) is 7.52. The zero-order chi connectivity index (χ0) is 13.5. The first-order valence-electron chi connectivity index (χ1n) is 5.94. The molecule has 1 aromatic carbocycles. The van der Waals surface area contributed by atoms with Crippen molar-refractivity contribution in [3.8, 4) is 0 Å². The normalized spacial score (nSPS) is 19.0. The number of nitrogens with zero attached hydrogens (tertiary/aromatic N) is 3. The van der Waals surface area contributed by atoms with E-state index in [0.29, 0.717) is 37.0 Å². The third kappa shape index (κ3) is 2.35. The van der Waals surface area contributed by atoms with Crippen LogP contribution < -0.4 is 0 Å². The van der Waals surface area contributed by atoms with E-state index in [2.05, 4.69) is 8.75 Å². The van der Waals surface area contributed by atoms with Gasteiger partial charge >= 0.3 is 0 Å². The van der Waals surface area contributed by atoms with Crippen LogP contribution in [-0.4, -0.2) is 39.9 Å². The van der Waals surface area contributed by atoms with Crippen LogP contribution in [0.15, 0.2) is 23.1 Å². The summed E-state index contributed by atoms with van der Waals surface area (Å²) in [7, 11) is -3.50. The van der Waals surface area contributed by atoms with Crippen molar-refractivity contribution in [2.24, 2.45) is 0 Å². The van der Waals surface area contributed by atoms with E-state index in [4.69, 9.17) is 11.6 Å². The molecule has 19 heavy (non-hydrogen) atoms. The molecule has 0 saturated carbocycles. The predicted octanol–water partition coefficient (Wildman–Crippen LogP) is 2.08. The number of sulfonamides is 1. The minimum absolute atomic E-state index is 0.0724. The van der Waals surface area contributed by atoms with Gasteiger partial charge in [-0.2, -0.15) is 13.1 Å². The zero-order valence-corrected chi connectivity index (χ0v) is 12.4. The summed E-state index contributed by atoms with van der Waals surface area (Å²) in [5.41, 5.74) is 1.08. The van der Waals surface area contributed by atoms with Crippen LogP contribution in [0.2, 0.25) is 0 Å². The Balaban J connectivity index is 2.02. The molecule has 8 heteroatoms. The molecule has 0 amide bonds. The van der Waals surface area contributed by atoms with Crippen LogP contribution in [0.1, 0.15) is 12.8 Å². The molecule has 0 radical (unpaired) electrons. The Morgan fingerprint density at radius 2 is 2.00 bits per heavy atom. The number of alkyl halides is 1. The highest BCUT2D eigenvalue weighted by molar-refractivity contribution is 7.89. The molecule has 3 rings (SSSR count). The van der Waals surface area contributed by atoms with Crippen molar-refractivity contribution in [3.05, 3.63) is 18.2 Å². The van der Waals surface area contributed by atoms with Crippen molar-refractivity contribution in [3.63, 3.8) is 0 Å². The average molecular weight is 318 g/mol. The van der Waals surface area contributed by atoms with Gasteiger partial charge in [0.15, 0.2) is 0 Å². The van der Waals surface area contributed by atoms with Gasteiger partial charge in [-0.25, -0.2) is 8.42 Å². The summed E-state index contributed by atoms with van der Waals surface area (Å²) in [6.07, 6.45) is 1.37. The smallest absolute Gasteiger partial charge is 0.207 e. The fourth-order valence-corrected chi connectivity index (χ4v) is 4.61. The lowest BCUT2D eigenvalue weighted by Gasteiger charge is -2.28. The van der Waals surface area contributed by atoms with E-state index in [1.807, 2.05) is 0 Å². The summed E-state index contributed by atoms with van der Waals surface area (Å²) in [6, 6.07) is 5.06. The van der Waals surface area contributed by atoms with Crippen LogP contribution in [0.3, 0.4) is 0 Å². The van der Waals surface area contributed by atoms with Gasteiger partial charge in [-0.1, -0.05) is 6.07 Å². The summed E-state index contributed by atoms with van der Waals surface area (Å²) in [5.74, 6) is 0. The first kappa shape index (κ1) is 13.2. The van der Waals surface area contributed by atoms with Gasteiger partial charge in [0.2, 0.25) is 10.0 Å². The van der Waals surface area contributed by atoms with Crippen LogP contribution in [-0.2, 0) is 10.0 Å². The van der Waals surface area contributed by atoms with Crippen LogP contribution in [0, 0.1) is 0 Å². The first-order valence-corrected chi connectivity index (χ1v) is 8.55. The van der Waals surface area contributed by atoms with Gasteiger partial charge in [0.05, 0.1) is 11.7 Å². The third-order valence-electron chi connectivity index (χ3n) is 3.25. The molecule has 1 aromatic heterocycles. The van der Waals surface area contributed by atoms with Crippen LogP contribution in [0.25, 0.3) is 11.0 Å². The van der Waals surface area contributed by atoms with Gasteiger partial charge in [0, 0.05) is 18.5 Å². The van der Waals surface area contributed by atoms with E-state index in [1.54, 1.807) is 18.2 Å². The Labute approximate surface area is 120 Å². The summed E-state index contributed by atoms with van der Waals surface area (Å²) in [4.78, 5) is 0.242. The second kappa shape index (κ2) is 4.97. The van der Waals surface area contributed by atoms with Crippen LogP contribution in [0.4, 0.5) is 0 Å². The lowest BCUT2D eigenvalue weighted by Crippen LogP contribution is -2.38. The number of aromatic nitrogens is 2. The lowest BCUT2D eigenvalue weighted by molar-refractivity contribution is 0.350. The molecular weight excluding hydrogens is 306 g/mol. The topological polar surface area (TPSA) is 63.2 Å². The quantitative estimate of drug-likeness (QED) is 0.796. The minimum atomic E-state index is -3.50. The predicted molar refractivity (Wildman–Crippen MR) is 75.0 cm³/mol. The number of halogens is 1. The molecule has 2 heterocycles. The number of hydrogen-bond acceptors (Lipinski definition) is 5. The summed E-state index contributed by atoms with van der Waals surface area (Å²) < 4.78 is 34.9. The molecule has 0 spiro atoms. The highest BCUT2D eigenvalue weighted by atomic mass is 35.5. The standard InChI is InChI=1S/C11H12ClN3O2S2/c12-8-4-6-15(7-5-8)19(16,17)10-3-1-2-9-11(10)14-18-13-9/h1-3,8H,4-7H2. The average Bonchev–Trinajstić information content (AvgIpc) is 2.87. The maximum Gasteiger partial charge on any atom is 0.245 e. The van der Waals surface area contributed by atoms with Gasteiger partial charge in [-0.05, 0) is 25.0 Å². The largest absolute Gasteiger partial charge is 0.245 e. The summed E-state index contributed by atoms with van der Waals surface area (Å²) in [5, 5.41) is 0.0724. The van der Waals surface area contributed by atoms with Crippen molar-refractivity contribution in [1.29, 1.82) is 0 Å². The van der Waals surface area contributed by atoms with E-state index in [9.17, 15) is 8.42 Å². The monoisotopic (exact) mass is 317 g/mol. The molecule has 1 fully saturated rings. The molecule has 1 aliphatic rings. The van der Waals surface area contributed by atoms with Gasteiger partial charge in [0.1, 0.15) is 15.9 Å². The van der Waals surface area contributed by atoms with E-state index in [0.717, 1.165) is 11.7 Å². The number of rotatable bonds is 2. The number of benzene rings is 1. The maximum absolute atomic E-state index is 12.6. The molecule has 0 bridgehead atoms. The fraction of sp³-hybridized carbons (Fsp3) is 0.455. The fourth-order valence-electron chi connectivity index (χ4n) is 2.19. The molecule has 0 N–H and O–H groups in total. The van der Waals surface area contributed by atoms with Crippen molar-refractivity contribution >= 4 is 44.4 Å². The molecule has 102 valence electrons. The third-order valence-corrected chi connectivity index (χ3v) is 6.16. The highest BCUT2D eigenvalue weighted by Gasteiger charge is 2.30. The Kier molecular flexibility index (Phi) is 3.46. The maximum atomic E-state index is 12.6. The van der Waals surface area contributed by atoms with Gasteiger partial charge in [-0.15, -0.1) is 11.6 Å². The van der Waals surface area contributed by atoms with Crippen molar-refractivity contribution in [2.75, 3.05) is 13.1 Å².